The van der Waals surface area contributed by atoms with E-state index >= 15 is 0 Å². The largest absolute Gasteiger partial charge is 0.481 e. The highest BCUT2D eigenvalue weighted by Crippen LogP contribution is 2.47. The topological polar surface area (TPSA) is 50.2 Å². The van der Waals surface area contributed by atoms with Gasteiger partial charge in [-0.15, -0.1) is 11.3 Å². The van der Waals surface area contributed by atoms with Gasteiger partial charge in [-0.2, -0.15) is 0 Å². The van der Waals surface area contributed by atoms with E-state index in [1.807, 2.05) is 13.8 Å². The zero-order valence-electron chi connectivity index (χ0n) is 12.2. The fraction of sp³-hybridized carbons (Fsp3) is 0.733. The normalized spacial score (nSPS) is 21.3. The molecule has 1 aromatic rings. The van der Waals surface area contributed by atoms with Crippen LogP contribution in [0.2, 0.25) is 0 Å². The summed E-state index contributed by atoms with van der Waals surface area (Å²) in [6, 6.07) is 0. The van der Waals surface area contributed by atoms with E-state index in [4.69, 9.17) is 0 Å². The fourth-order valence-electron chi connectivity index (χ4n) is 2.78. The molecule has 4 heteroatoms. The Kier molecular flexibility index (Phi) is 3.74. The van der Waals surface area contributed by atoms with Crippen LogP contribution in [0, 0.1) is 24.7 Å². The summed E-state index contributed by atoms with van der Waals surface area (Å²) >= 11 is 1.65. The van der Waals surface area contributed by atoms with Crippen LogP contribution in [0.4, 0.5) is 0 Å². The number of carbonyl (C=O) groups is 1. The number of hydrogen-bond acceptors (Lipinski definition) is 3. The van der Waals surface area contributed by atoms with Crippen LogP contribution < -0.4 is 0 Å². The molecule has 1 N–H and O–H groups in total. The Balaban J connectivity index is 2.19. The molecule has 19 heavy (non-hydrogen) atoms. The molecule has 0 aliphatic heterocycles. The SMILES string of the molecule is Cc1nc(CC2(C(=O)O)CCC(C)(C)CC2)sc1C. The van der Waals surface area contributed by atoms with E-state index in [1.165, 1.54) is 4.88 Å². The van der Waals surface area contributed by atoms with E-state index in [0.29, 0.717) is 6.42 Å². The van der Waals surface area contributed by atoms with Crippen LogP contribution in [0.15, 0.2) is 0 Å². The zero-order chi connectivity index (χ0) is 14.3. The molecule has 1 saturated carbocycles. The molecule has 0 atom stereocenters. The summed E-state index contributed by atoms with van der Waals surface area (Å²) in [7, 11) is 0. The summed E-state index contributed by atoms with van der Waals surface area (Å²) in [4.78, 5) is 17.5. The lowest BCUT2D eigenvalue weighted by atomic mass is 9.64. The van der Waals surface area contributed by atoms with Gasteiger partial charge in [-0.05, 0) is 44.9 Å². The van der Waals surface area contributed by atoms with Crippen LogP contribution in [-0.4, -0.2) is 16.1 Å². The van der Waals surface area contributed by atoms with E-state index in [1.54, 1.807) is 11.3 Å². The van der Waals surface area contributed by atoms with E-state index in [2.05, 4.69) is 18.8 Å². The highest BCUT2D eigenvalue weighted by Gasteiger charge is 2.44. The zero-order valence-corrected chi connectivity index (χ0v) is 13.1. The van der Waals surface area contributed by atoms with Crippen molar-refractivity contribution in [2.24, 2.45) is 10.8 Å². The van der Waals surface area contributed by atoms with Crippen molar-refractivity contribution >= 4 is 17.3 Å². The first kappa shape index (κ1) is 14.5. The number of carboxylic acid groups (broad SMARTS) is 1. The molecule has 2 rings (SSSR count). The Labute approximate surface area is 119 Å². The molecule has 0 bridgehead atoms. The lowest BCUT2D eigenvalue weighted by Gasteiger charge is -2.40. The maximum atomic E-state index is 11.8. The van der Waals surface area contributed by atoms with Crippen molar-refractivity contribution in [1.29, 1.82) is 0 Å². The quantitative estimate of drug-likeness (QED) is 0.912. The molecule has 1 aliphatic carbocycles. The van der Waals surface area contributed by atoms with Gasteiger partial charge in [-0.3, -0.25) is 4.79 Å². The summed E-state index contributed by atoms with van der Waals surface area (Å²) in [6.45, 7) is 8.51. The molecule has 0 unspecified atom stereocenters. The standard InChI is InChI=1S/C15H23NO2S/c1-10-11(2)19-12(16-10)9-15(13(17)18)7-5-14(3,4)6-8-15/h5-9H2,1-4H3,(H,17,18). The molecule has 0 saturated heterocycles. The van der Waals surface area contributed by atoms with Gasteiger partial charge in [-0.1, -0.05) is 13.8 Å². The van der Waals surface area contributed by atoms with E-state index in [-0.39, 0.29) is 5.41 Å². The molecule has 0 aromatic carbocycles. The number of aliphatic carboxylic acids is 1. The Morgan fingerprint density at radius 3 is 2.26 bits per heavy atom. The summed E-state index contributed by atoms with van der Waals surface area (Å²) in [5.41, 5.74) is 0.733. The average Bonchev–Trinajstić information content (AvgIpc) is 2.61. The van der Waals surface area contributed by atoms with E-state index < -0.39 is 11.4 Å². The summed E-state index contributed by atoms with van der Waals surface area (Å²) in [5.74, 6) is -0.645. The van der Waals surface area contributed by atoms with E-state index in [9.17, 15) is 9.90 Å². The van der Waals surface area contributed by atoms with Crippen LogP contribution >= 0.6 is 11.3 Å². The molecule has 0 radical (unpaired) electrons. The Morgan fingerprint density at radius 1 is 1.26 bits per heavy atom. The molecular formula is C15H23NO2S. The smallest absolute Gasteiger partial charge is 0.310 e. The van der Waals surface area contributed by atoms with Crippen molar-refractivity contribution in [2.75, 3.05) is 0 Å². The number of carboxylic acids is 1. The molecule has 1 aliphatic rings. The Bertz CT molecular complexity index is 461. The number of nitrogens with zero attached hydrogens (tertiary/aromatic N) is 1. The number of aryl methyl sites for hydroxylation is 2. The van der Waals surface area contributed by atoms with Crippen molar-refractivity contribution in [3.63, 3.8) is 0 Å². The van der Waals surface area contributed by atoms with E-state index in [0.717, 1.165) is 36.4 Å². The van der Waals surface area contributed by atoms with Crippen LogP contribution in [0.25, 0.3) is 0 Å². The summed E-state index contributed by atoms with van der Waals surface area (Å²) < 4.78 is 0. The summed E-state index contributed by atoms with van der Waals surface area (Å²) in [5, 5.41) is 10.7. The van der Waals surface area contributed by atoms with Gasteiger partial charge in [0.2, 0.25) is 0 Å². The van der Waals surface area contributed by atoms with Gasteiger partial charge in [0.1, 0.15) is 0 Å². The second-order valence-electron chi connectivity index (χ2n) is 6.68. The van der Waals surface area contributed by atoms with Crippen molar-refractivity contribution in [1.82, 2.24) is 4.98 Å². The first-order chi connectivity index (χ1) is 8.74. The molecule has 0 spiro atoms. The first-order valence-corrected chi connectivity index (χ1v) is 7.72. The molecule has 106 valence electrons. The number of thiazole rings is 1. The van der Waals surface area contributed by atoms with Crippen LogP contribution in [0.3, 0.4) is 0 Å². The lowest BCUT2D eigenvalue weighted by molar-refractivity contribution is -0.152. The molecule has 3 nitrogen and oxygen atoms in total. The van der Waals surface area contributed by atoms with Gasteiger partial charge >= 0.3 is 5.97 Å². The lowest BCUT2D eigenvalue weighted by Crippen LogP contribution is -2.39. The Hall–Kier alpha value is -0.900. The number of aromatic nitrogens is 1. The molecule has 1 heterocycles. The van der Waals surface area contributed by atoms with Crippen LogP contribution in [-0.2, 0) is 11.2 Å². The average molecular weight is 281 g/mol. The predicted octanol–water partition coefficient (Wildman–Crippen LogP) is 3.97. The monoisotopic (exact) mass is 281 g/mol. The first-order valence-electron chi connectivity index (χ1n) is 6.90. The molecule has 1 fully saturated rings. The summed E-state index contributed by atoms with van der Waals surface area (Å²) in [6.07, 6.45) is 4.11. The number of hydrogen-bond donors (Lipinski definition) is 1. The molecule has 0 amide bonds. The van der Waals surface area contributed by atoms with Gasteiger partial charge < -0.3 is 5.11 Å². The highest BCUT2D eigenvalue weighted by atomic mass is 32.1. The third-order valence-electron chi connectivity index (χ3n) is 4.58. The van der Waals surface area contributed by atoms with Crippen molar-refractivity contribution in [2.45, 2.75) is 59.8 Å². The minimum Gasteiger partial charge on any atom is -0.481 e. The minimum atomic E-state index is -0.645. The molecule has 1 aromatic heterocycles. The van der Waals surface area contributed by atoms with Gasteiger partial charge in [-0.25, -0.2) is 4.98 Å². The van der Waals surface area contributed by atoms with Crippen molar-refractivity contribution in [3.8, 4) is 0 Å². The Morgan fingerprint density at radius 2 is 1.84 bits per heavy atom. The predicted molar refractivity (Wildman–Crippen MR) is 77.6 cm³/mol. The second kappa shape index (κ2) is 4.89. The van der Waals surface area contributed by atoms with Gasteiger partial charge in [0.15, 0.2) is 0 Å². The van der Waals surface area contributed by atoms with Gasteiger partial charge in [0, 0.05) is 11.3 Å². The second-order valence-corrected chi connectivity index (χ2v) is 7.96. The van der Waals surface area contributed by atoms with Crippen LogP contribution in [0.5, 0.6) is 0 Å². The maximum Gasteiger partial charge on any atom is 0.310 e. The third kappa shape index (κ3) is 2.99. The van der Waals surface area contributed by atoms with Gasteiger partial charge in [0.25, 0.3) is 0 Å². The highest BCUT2D eigenvalue weighted by molar-refractivity contribution is 7.11. The fourth-order valence-corrected chi connectivity index (χ4v) is 3.85. The third-order valence-corrected chi connectivity index (χ3v) is 5.65. The van der Waals surface area contributed by atoms with Crippen molar-refractivity contribution < 1.29 is 9.90 Å². The van der Waals surface area contributed by atoms with Gasteiger partial charge in [0.05, 0.1) is 16.1 Å². The molecular weight excluding hydrogens is 258 g/mol. The maximum absolute atomic E-state index is 11.8. The van der Waals surface area contributed by atoms with Crippen molar-refractivity contribution in [3.05, 3.63) is 15.6 Å². The minimum absolute atomic E-state index is 0.285. The number of rotatable bonds is 3. The van der Waals surface area contributed by atoms with Crippen LogP contribution in [0.1, 0.15) is 55.1 Å².